The van der Waals surface area contributed by atoms with Gasteiger partial charge < -0.3 is 0 Å². The molecular weight excluding hydrogens is 307 g/mol. The highest BCUT2D eigenvalue weighted by atomic mass is 31.0. The van der Waals surface area contributed by atoms with Crippen LogP contribution in [0.1, 0.15) is 135 Å². The molecule has 1 heteroatoms. The highest BCUT2D eigenvalue weighted by Crippen LogP contribution is 2.14. The van der Waals surface area contributed by atoms with Crippen molar-refractivity contribution in [3.63, 3.8) is 0 Å². The molecule has 0 fully saturated rings. The molecule has 0 N–H and O–H groups in total. The predicted octanol–water partition coefficient (Wildman–Crippen LogP) is 9.18. The summed E-state index contributed by atoms with van der Waals surface area (Å²) >= 11 is 0. The smallest absolute Gasteiger partial charge is 0.0586 e. The maximum absolute atomic E-state index is 3.90. The van der Waals surface area contributed by atoms with Crippen LogP contribution in [-0.2, 0) is 0 Å². The van der Waals surface area contributed by atoms with E-state index in [0.29, 0.717) is 0 Å². The third-order valence-corrected chi connectivity index (χ3v) is 5.14. The van der Waals surface area contributed by atoms with Crippen LogP contribution in [0, 0.1) is 11.6 Å². The van der Waals surface area contributed by atoms with Gasteiger partial charge in [-0.05, 0) is 6.42 Å². The highest BCUT2D eigenvalue weighted by molar-refractivity contribution is 7.23. The van der Waals surface area contributed by atoms with E-state index in [1.54, 1.807) is 0 Å². The maximum Gasteiger partial charge on any atom is 0.0586 e. The molecule has 0 aliphatic heterocycles. The molecule has 0 heterocycles. The summed E-state index contributed by atoms with van der Waals surface area (Å²) in [5.74, 6) is 3.02. The summed E-state index contributed by atoms with van der Waals surface area (Å²) in [6, 6.07) is 0. The summed E-state index contributed by atoms with van der Waals surface area (Å²) in [6.07, 6.45) is 28.3. The van der Waals surface area contributed by atoms with Crippen molar-refractivity contribution < 1.29 is 0 Å². The van der Waals surface area contributed by atoms with Gasteiger partial charge in [-0.2, -0.15) is 0 Å². The van der Waals surface area contributed by atoms with Gasteiger partial charge in [0.25, 0.3) is 0 Å². The molecule has 0 nitrogen and oxygen atoms in total. The summed E-state index contributed by atoms with van der Waals surface area (Å²) in [6.45, 7) is 2.30. The van der Waals surface area contributed by atoms with E-state index >= 15 is 0 Å². The topological polar surface area (TPSA) is 0 Å². The molecule has 0 aromatic rings. The van der Waals surface area contributed by atoms with Gasteiger partial charge in [0.05, 0.1) is 9.24 Å². The number of hydrogen-bond donors (Lipinski definition) is 0. The van der Waals surface area contributed by atoms with Gasteiger partial charge in [0, 0.05) is 6.42 Å². The molecule has 0 unspecified atom stereocenters. The van der Waals surface area contributed by atoms with E-state index in [-0.39, 0.29) is 0 Å². The first kappa shape index (κ1) is 24.0. The lowest BCUT2D eigenvalue weighted by atomic mass is 10.0. The van der Waals surface area contributed by atoms with Gasteiger partial charge in [0.15, 0.2) is 0 Å². The van der Waals surface area contributed by atoms with Crippen LogP contribution in [0.5, 0.6) is 0 Å². The lowest BCUT2D eigenvalue weighted by Crippen LogP contribution is -1.84. The predicted molar refractivity (Wildman–Crippen MR) is 113 cm³/mol. The van der Waals surface area contributed by atoms with Gasteiger partial charge in [0.2, 0.25) is 0 Å². The number of unbranched alkanes of at least 4 members (excludes halogenated alkanes) is 19. The standard InChI is InChI=1S/C23H43P/c1-2-3-4-5-6-7-8-9-10-11-12-13-14-15-16-17-18-19-20-21-22-23-24/h2-21H2,1H3. The quantitative estimate of drug-likeness (QED) is 0.124. The zero-order valence-electron chi connectivity index (χ0n) is 16.6. The molecule has 2 radical (unpaired) electrons. The molecule has 0 saturated heterocycles. The Morgan fingerprint density at radius 3 is 1.04 bits per heavy atom. The van der Waals surface area contributed by atoms with Gasteiger partial charge in [-0.3, -0.25) is 0 Å². The van der Waals surface area contributed by atoms with Crippen molar-refractivity contribution in [3.8, 4) is 11.6 Å². The zero-order chi connectivity index (χ0) is 17.6. The Morgan fingerprint density at radius 1 is 0.458 bits per heavy atom. The van der Waals surface area contributed by atoms with E-state index in [0.717, 1.165) is 6.42 Å². The number of hydrogen-bond acceptors (Lipinski definition) is 0. The average Bonchev–Trinajstić information content (AvgIpc) is 2.60. The Hall–Kier alpha value is -0.0100. The first-order valence-corrected chi connectivity index (χ1v) is 11.5. The summed E-state index contributed by atoms with van der Waals surface area (Å²) < 4.78 is 0. The molecule has 0 aromatic heterocycles. The SMILES string of the molecule is CCCCCCCCCCCCCCCCCCCCCC#C[P]. The fourth-order valence-electron chi connectivity index (χ4n) is 3.35. The molecule has 0 rings (SSSR count). The largest absolute Gasteiger partial charge is 0.0979 e. The highest BCUT2D eigenvalue weighted by Gasteiger charge is 1.95. The van der Waals surface area contributed by atoms with Crippen molar-refractivity contribution in [2.75, 3.05) is 0 Å². The van der Waals surface area contributed by atoms with Crippen molar-refractivity contribution in [1.29, 1.82) is 0 Å². The van der Waals surface area contributed by atoms with Crippen LogP contribution in [0.4, 0.5) is 0 Å². The van der Waals surface area contributed by atoms with E-state index < -0.39 is 0 Å². The molecule has 0 spiro atoms. The summed E-state index contributed by atoms with van der Waals surface area (Å²) in [7, 11) is 3.90. The number of rotatable bonds is 19. The Balaban J connectivity index is 2.96. The van der Waals surface area contributed by atoms with E-state index in [9.17, 15) is 0 Å². The minimum Gasteiger partial charge on any atom is -0.0979 e. The molecule has 0 bridgehead atoms. The maximum atomic E-state index is 3.90. The lowest BCUT2D eigenvalue weighted by Gasteiger charge is -2.03. The van der Waals surface area contributed by atoms with Crippen LogP contribution in [0.3, 0.4) is 0 Å². The molecule has 0 aliphatic rings. The Morgan fingerprint density at radius 2 is 0.750 bits per heavy atom. The van der Waals surface area contributed by atoms with Gasteiger partial charge in [-0.1, -0.05) is 134 Å². The van der Waals surface area contributed by atoms with Crippen molar-refractivity contribution >= 4 is 9.24 Å². The van der Waals surface area contributed by atoms with Crippen molar-refractivity contribution in [1.82, 2.24) is 0 Å². The van der Waals surface area contributed by atoms with Gasteiger partial charge >= 0.3 is 0 Å². The van der Waals surface area contributed by atoms with Crippen LogP contribution in [0.2, 0.25) is 0 Å². The van der Waals surface area contributed by atoms with E-state index in [2.05, 4.69) is 27.7 Å². The average molecular weight is 351 g/mol. The summed E-state index contributed by atoms with van der Waals surface area (Å²) in [5, 5.41) is 0. The molecule has 140 valence electrons. The first-order valence-electron chi connectivity index (χ1n) is 11.0. The second-order valence-electron chi connectivity index (χ2n) is 7.40. The minimum absolute atomic E-state index is 1.03. The summed E-state index contributed by atoms with van der Waals surface area (Å²) in [5.41, 5.74) is 2.67. The fraction of sp³-hybridized carbons (Fsp3) is 0.913. The molecule has 0 saturated carbocycles. The van der Waals surface area contributed by atoms with Crippen molar-refractivity contribution in [2.24, 2.45) is 0 Å². The van der Waals surface area contributed by atoms with Crippen molar-refractivity contribution in [3.05, 3.63) is 0 Å². The lowest BCUT2D eigenvalue weighted by molar-refractivity contribution is 0.524. The summed E-state index contributed by atoms with van der Waals surface area (Å²) in [4.78, 5) is 0. The molecule has 0 atom stereocenters. The zero-order valence-corrected chi connectivity index (χ0v) is 17.5. The molecule has 0 aliphatic carbocycles. The van der Waals surface area contributed by atoms with E-state index in [4.69, 9.17) is 0 Å². The molecular formula is C23H43P. The minimum atomic E-state index is 1.03. The van der Waals surface area contributed by atoms with E-state index in [1.165, 1.54) is 122 Å². The second-order valence-corrected chi connectivity index (χ2v) is 7.63. The van der Waals surface area contributed by atoms with Gasteiger partial charge in [-0.25, -0.2) is 0 Å². The van der Waals surface area contributed by atoms with Gasteiger partial charge in [-0.15, -0.1) is 0 Å². The normalized spacial score (nSPS) is 10.6. The van der Waals surface area contributed by atoms with Crippen LogP contribution in [0.15, 0.2) is 0 Å². The molecule has 0 aromatic carbocycles. The first-order chi connectivity index (χ1) is 11.9. The fourth-order valence-corrected chi connectivity index (χ4v) is 3.46. The Bertz CT molecular complexity index is 273. The molecule has 24 heavy (non-hydrogen) atoms. The third-order valence-electron chi connectivity index (χ3n) is 4.98. The van der Waals surface area contributed by atoms with Crippen molar-refractivity contribution in [2.45, 2.75) is 135 Å². The third kappa shape index (κ3) is 22.0. The Kier molecular flexibility index (Phi) is 23.0. The second kappa shape index (κ2) is 23.0. The molecule has 0 amide bonds. The Labute approximate surface area is 156 Å². The van der Waals surface area contributed by atoms with Gasteiger partial charge in [0.1, 0.15) is 0 Å². The van der Waals surface area contributed by atoms with E-state index in [1.807, 2.05) is 0 Å². The van der Waals surface area contributed by atoms with Crippen LogP contribution in [0.25, 0.3) is 0 Å². The van der Waals surface area contributed by atoms with Crippen LogP contribution in [-0.4, -0.2) is 0 Å². The monoisotopic (exact) mass is 350 g/mol. The van der Waals surface area contributed by atoms with Crippen LogP contribution >= 0.6 is 9.24 Å². The van der Waals surface area contributed by atoms with Crippen LogP contribution < -0.4 is 0 Å².